The van der Waals surface area contributed by atoms with Crippen LogP contribution in [0.4, 0.5) is 4.79 Å². The number of aryl methyl sites for hydroxylation is 2. The number of hydrogen-bond acceptors (Lipinski definition) is 4. The van der Waals surface area contributed by atoms with Gasteiger partial charge in [0, 0.05) is 17.7 Å². The Morgan fingerprint density at radius 2 is 1.20 bits per heavy atom. The summed E-state index contributed by atoms with van der Waals surface area (Å²) >= 11 is 0. The van der Waals surface area contributed by atoms with Crippen molar-refractivity contribution in [2.45, 2.75) is 38.7 Å². The quantitative estimate of drug-likeness (QED) is 0.391. The Balaban J connectivity index is 0.000000189. The van der Waals surface area contributed by atoms with Crippen molar-refractivity contribution in [3.05, 3.63) is 108 Å². The molecule has 0 aromatic heterocycles. The van der Waals surface area contributed by atoms with Gasteiger partial charge in [0.1, 0.15) is 6.61 Å². The lowest BCUT2D eigenvalue weighted by Crippen LogP contribution is -2.35. The van der Waals surface area contributed by atoms with E-state index in [9.17, 15) is 9.36 Å². The van der Waals surface area contributed by atoms with Gasteiger partial charge in [-0.05, 0) is 48.8 Å². The zero-order valence-electron chi connectivity index (χ0n) is 20.3. The molecule has 0 aliphatic carbocycles. The fraction of sp³-hybridized carbons (Fsp3) is 0.321. The van der Waals surface area contributed by atoms with Crippen LogP contribution in [0.3, 0.4) is 0 Å². The molecule has 1 aliphatic heterocycles. The molecule has 6 nitrogen and oxygen atoms in total. The second kappa shape index (κ2) is 17.4. The van der Waals surface area contributed by atoms with Crippen LogP contribution in [0.2, 0.25) is 0 Å². The maximum absolute atomic E-state index is 10.9. The van der Waals surface area contributed by atoms with E-state index >= 15 is 0 Å². The molecule has 7 heteroatoms. The van der Waals surface area contributed by atoms with Gasteiger partial charge in [-0.1, -0.05) is 91.0 Å². The van der Waals surface area contributed by atoms with E-state index in [1.54, 1.807) is 4.90 Å². The summed E-state index contributed by atoms with van der Waals surface area (Å²) < 4.78 is 19.2. The number of rotatable bonds is 6. The lowest BCUT2D eigenvalue weighted by atomic mass is 10.0. The Bertz CT molecular complexity index is 925. The van der Waals surface area contributed by atoms with Gasteiger partial charge in [-0.3, -0.25) is 0 Å². The molecule has 0 spiro atoms. The monoisotopic (exact) mass is 496 g/mol. The third-order valence-electron chi connectivity index (χ3n) is 5.36. The Morgan fingerprint density at radius 3 is 1.60 bits per heavy atom. The molecule has 0 saturated carbocycles. The third kappa shape index (κ3) is 12.8. The molecule has 1 fully saturated rings. The van der Waals surface area contributed by atoms with Gasteiger partial charge in [0.25, 0.3) is 0 Å². The molecule has 0 radical (unpaired) electrons. The number of hydrogen-bond donors (Lipinski definition) is 1. The highest BCUT2D eigenvalue weighted by atomic mass is 31.1. The molecule has 186 valence electrons. The SMILES string of the molecule is COC(=O)N1CCCCC1.O=[P+](O)OCc1ccccc1.c1ccc(CCc2ccccc2)cc1. The van der Waals surface area contributed by atoms with Crippen LogP contribution < -0.4 is 0 Å². The molecule has 1 heterocycles. The summed E-state index contributed by atoms with van der Waals surface area (Å²) in [4.78, 5) is 20.9. The van der Waals surface area contributed by atoms with Crippen molar-refractivity contribution in [3.63, 3.8) is 0 Å². The zero-order chi connectivity index (χ0) is 25.1. The molecule has 1 saturated heterocycles. The highest BCUT2D eigenvalue weighted by Crippen LogP contribution is 2.17. The van der Waals surface area contributed by atoms with Crippen molar-refractivity contribution in [2.75, 3.05) is 20.2 Å². The number of benzene rings is 3. The normalized spacial score (nSPS) is 12.9. The fourth-order valence-electron chi connectivity index (χ4n) is 3.49. The molecule has 3 aromatic rings. The van der Waals surface area contributed by atoms with Crippen LogP contribution in [-0.4, -0.2) is 36.1 Å². The summed E-state index contributed by atoms with van der Waals surface area (Å²) in [5.41, 5.74) is 3.72. The van der Waals surface area contributed by atoms with Gasteiger partial charge in [0.15, 0.2) is 0 Å². The van der Waals surface area contributed by atoms with E-state index in [0.717, 1.165) is 44.3 Å². The van der Waals surface area contributed by atoms with Crippen molar-refractivity contribution >= 4 is 14.3 Å². The minimum atomic E-state index is -2.47. The maximum atomic E-state index is 10.9. The summed E-state index contributed by atoms with van der Waals surface area (Å²) in [5, 5.41) is 0. The van der Waals surface area contributed by atoms with Crippen LogP contribution >= 0.6 is 8.25 Å². The minimum Gasteiger partial charge on any atom is -0.453 e. The number of carbonyl (C=O) groups excluding carboxylic acids is 1. The summed E-state index contributed by atoms with van der Waals surface area (Å²) in [6.07, 6.45) is 5.56. The van der Waals surface area contributed by atoms with E-state index in [0.29, 0.717) is 0 Å². The van der Waals surface area contributed by atoms with Gasteiger partial charge in [-0.15, -0.1) is 9.42 Å². The standard InChI is InChI=1S/C14H14.C7H13NO2.C7H7O3P/c1-3-7-13(8-4-1)11-12-14-9-5-2-6-10-14;1-10-7(9)8-5-3-2-4-6-8;8-11(9)10-6-7-4-2-1-3-5-7/h1-10H,11-12H2;2-6H2,1H3;1-5H,6H2/p+1. The topological polar surface area (TPSA) is 76.1 Å². The Kier molecular flexibility index (Phi) is 14.0. The average molecular weight is 497 g/mol. The predicted molar refractivity (Wildman–Crippen MR) is 139 cm³/mol. The van der Waals surface area contributed by atoms with Gasteiger partial charge < -0.3 is 9.64 Å². The second-order valence-electron chi connectivity index (χ2n) is 7.99. The van der Waals surface area contributed by atoms with Gasteiger partial charge >= 0.3 is 14.3 Å². The lowest BCUT2D eigenvalue weighted by Gasteiger charge is -2.24. The molecule has 1 amide bonds. The first-order valence-corrected chi connectivity index (χ1v) is 12.9. The predicted octanol–water partition coefficient (Wildman–Crippen LogP) is 6.56. The van der Waals surface area contributed by atoms with E-state index < -0.39 is 8.25 Å². The van der Waals surface area contributed by atoms with Crippen LogP contribution in [0.25, 0.3) is 0 Å². The zero-order valence-corrected chi connectivity index (χ0v) is 21.2. The number of likely N-dealkylation sites (tertiary alicyclic amines) is 1. The fourth-order valence-corrected chi connectivity index (χ4v) is 3.75. The van der Waals surface area contributed by atoms with Gasteiger partial charge in [0.2, 0.25) is 0 Å². The number of piperidine rings is 1. The molecular formula is C28H35NO5P+. The van der Waals surface area contributed by atoms with Crippen LogP contribution in [0.15, 0.2) is 91.0 Å². The van der Waals surface area contributed by atoms with Crippen molar-refractivity contribution in [1.82, 2.24) is 4.90 Å². The summed E-state index contributed by atoms with van der Waals surface area (Å²) in [6, 6.07) is 30.5. The second-order valence-corrected chi connectivity index (χ2v) is 8.72. The van der Waals surface area contributed by atoms with E-state index in [4.69, 9.17) is 4.89 Å². The van der Waals surface area contributed by atoms with Gasteiger partial charge in [-0.2, -0.15) is 0 Å². The Hall–Kier alpha value is -3.05. The number of methoxy groups -OCH3 is 1. The van der Waals surface area contributed by atoms with Crippen molar-refractivity contribution in [3.8, 4) is 0 Å². The molecule has 1 N–H and O–H groups in total. The Morgan fingerprint density at radius 1 is 0.771 bits per heavy atom. The molecule has 1 atom stereocenters. The van der Waals surface area contributed by atoms with Crippen molar-refractivity contribution in [1.29, 1.82) is 0 Å². The van der Waals surface area contributed by atoms with Crippen molar-refractivity contribution in [2.24, 2.45) is 0 Å². The highest BCUT2D eigenvalue weighted by Gasteiger charge is 2.15. The van der Waals surface area contributed by atoms with E-state index in [1.807, 2.05) is 30.3 Å². The molecule has 35 heavy (non-hydrogen) atoms. The van der Waals surface area contributed by atoms with Crippen LogP contribution in [0, 0.1) is 0 Å². The van der Waals surface area contributed by atoms with Gasteiger partial charge in [-0.25, -0.2) is 4.79 Å². The molecule has 4 rings (SSSR count). The summed E-state index contributed by atoms with van der Waals surface area (Å²) in [7, 11) is -1.05. The summed E-state index contributed by atoms with van der Waals surface area (Å²) in [6.45, 7) is 1.92. The number of carbonyl (C=O) groups is 1. The number of nitrogens with zero attached hydrogens (tertiary/aromatic N) is 1. The number of amides is 1. The first kappa shape index (κ1) is 28.2. The first-order chi connectivity index (χ1) is 17.1. The molecule has 1 aliphatic rings. The minimum absolute atomic E-state index is 0.181. The van der Waals surface area contributed by atoms with Crippen LogP contribution in [-0.2, 0) is 33.3 Å². The Labute approximate surface area is 209 Å². The van der Waals surface area contributed by atoms with Crippen molar-refractivity contribution < 1.29 is 23.5 Å². The van der Waals surface area contributed by atoms with Gasteiger partial charge in [0.05, 0.1) is 7.11 Å². The molecule has 3 aromatic carbocycles. The van der Waals surface area contributed by atoms with Crippen LogP contribution in [0.1, 0.15) is 36.0 Å². The highest BCUT2D eigenvalue weighted by molar-refractivity contribution is 7.32. The smallest absolute Gasteiger partial charge is 0.453 e. The molecular weight excluding hydrogens is 461 g/mol. The first-order valence-electron chi connectivity index (χ1n) is 11.8. The average Bonchev–Trinajstić information content (AvgIpc) is 2.93. The van der Waals surface area contributed by atoms with Crippen LogP contribution in [0.5, 0.6) is 0 Å². The molecule has 1 unspecified atom stereocenters. The van der Waals surface area contributed by atoms with E-state index in [2.05, 4.69) is 69.9 Å². The van der Waals surface area contributed by atoms with E-state index in [1.165, 1.54) is 24.7 Å². The largest absolute Gasteiger partial charge is 0.695 e. The van der Waals surface area contributed by atoms with E-state index in [-0.39, 0.29) is 12.7 Å². The summed E-state index contributed by atoms with van der Waals surface area (Å²) in [5.74, 6) is 0. The maximum Gasteiger partial charge on any atom is 0.695 e. The number of ether oxygens (including phenoxy) is 1. The lowest BCUT2D eigenvalue weighted by molar-refractivity contribution is 0.115. The molecule has 0 bridgehead atoms. The third-order valence-corrected chi connectivity index (χ3v) is 5.71.